The molecular weight excluding hydrogens is 651 g/mol. The molecule has 46 heavy (non-hydrogen) atoms. The maximum atomic E-state index is 10.6. The van der Waals surface area contributed by atoms with Gasteiger partial charge >= 0.3 is 36.4 Å². The number of likely N-dealkylation sites (tertiary alicyclic amines) is 3. The summed E-state index contributed by atoms with van der Waals surface area (Å²) < 4.78 is 101. The lowest BCUT2D eigenvalue weighted by Crippen LogP contribution is -2.52. The molecule has 0 aromatic carbocycles. The summed E-state index contributed by atoms with van der Waals surface area (Å²) in [6.45, 7) is 14.1. The summed E-state index contributed by atoms with van der Waals surface area (Å²) in [5, 5.41) is 25.5. The molecule has 3 aliphatic heterocycles. The van der Waals surface area contributed by atoms with Crippen molar-refractivity contribution in [2.45, 2.75) is 83.0 Å². The van der Waals surface area contributed by atoms with Crippen LogP contribution in [0.15, 0.2) is 4.52 Å². The van der Waals surface area contributed by atoms with E-state index in [-0.39, 0.29) is 0 Å². The first-order valence-electron chi connectivity index (χ1n) is 14.0. The van der Waals surface area contributed by atoms with E-state index in [9.17, 15) is 39.5 Å². The van der Waals surface area contributed by atoms with Crippen LogP contribution >= 0.6 is 0 Å². The van der Waals surface area contributed by atoms with Gasteiger partial charge in [-0.15, -0.1) is 0 Å². The summed E-state index contributed by atoms with van der Waals surface area (Å²) in [4.78, 5) is 34.8. The van der Waals surface area contributed by atoms with Crippen LogP contribution < -0.4 is 0 Å². The summed E-state index contributed by atoms with van der Waals surface area (Å²) in [6.07, 6.45) is -7.07. The first-order valence-corrected chi connectivity index (χ1v) is 14.0. The average molecular weight is 689 g/mol. The number of carbonyl (C=O) groups is 3. The molecule has 0 unspecified atom stereocenters. The molecule has 0 saturated carbocycles. The molecule has 1 aromatic rings. The first-order chi connectivity index (χ1) is 21.0. The van der Waals surface area contributed by atoms with Gasteiger partial charge in [0.15, 0.2) is 0 Å². The minimum atomic E-state index is -5.08. The Bertz CT molecular complexity index is 1050. The number of aryl methyl sites for hydroxylation is 2. The summed E-state index contributed by atoms with van der Waals surface area (Å²) in [7, 11) is 0. The van der Waals surface area contributed by atoms with Crippen molar-refractivity contribution in [1.82, 2.24) is 19.9 Å². The van der Waals surface area contributed by atoms with Gasteiger partial charge in [0.2, 0.25) is 0 Å². The second-order valence-corrected chi connectivity index (χ2v) is 10.9. The quantitative estimate of drug-likeness (QED) is 0.370. The molecule has 0 amide bonds. The van der Waals surface area contributed by atoms with Gasteiger partial charge in [0, 0.05) is 30.7 Å². The minimum Gasteiger partial charge on any atom is -0.475 e. The van der Waals surface area contributed by atoms with E-state index in [1.807, 2.05) is 0 Å². The fourth-order valence-corrected chi connectivity index (χ4v) is 5.21. The normalized spacial score (nSPS) is 18.9. The zero-order valence-electron chi connectivity index (χ0n) is 25.1. The van der Waals surface area contributed by atoms with Gasteiger partial charge in [0.25, 0.3) is 0 Å². The highest BCUT2D eigenvalue weighted by molar-refractivity contribution is 5.73. The lowest BCUT2D eigenvalue weighted by Gasteiger charge is -2.45. The van der Waals surface area contributed by atoms with E-state index < -0.39 is 36.4 Å². The zero-order chi connectivity index (χ0) is 35.5. The second-order valence-electron chi connectivity index (χ2n) is 10.9. The Morgan fingerprint density at radius 1 is 0.696 bits per heavy atom. The van der Waals surface area contributed by atoms with Crippen LogP contribution in [0.5, 0.6) is 0 Å². The van der Waals surface area contributed by atoms with Crippen LogP contribution in [0.4, 0.5) is 39.5 Å². The number of piperidine rings is 1. The number of hydrogen-bond acceptors (Lipinski definition) is 8. The van der Waals surface area contributed by atoms with Gasteiger partial charge in [0.1, 0.15) is 5.76 Å². The number of alkyl halides is 9. The Kier molecular flexibility index (Phi) is 15.2. The van der Waals surface area contributed by atoms with E-state index in [1.54, 1.807) is 0 Å². The third kappa shape index (κ3) is 13.7. The molecule has 3 aliphatic rings. The largest absolute Gasteiger partial charge is 0.490 e. The number of halogens is 9. The summed E-state index contributed by atoms with van der Waals surface area (Å²) in [5.74, 6) is -7.27. The molecule has 1 spiro atoms. The van der Waals surface area contributed by atoms with Crippen molar-refractivity contribution in [1.29, 1.82) is 0 Å². The molecule has 3 saturated heterocycles. The first kappa shape index (κ1) is 40.9. The van der Waals surface area contributed by atoms with Gasteiger partial charge in [-0.05, 0) is 85.1 Å². The van der Waals surface area contributed by atoms with Crippen LogP contribution in [0.25, 0.3) is 0 Å². The highest BCUT2D eigenvalue weighted by Gasteiger charge is 2.43. The number of aromatic nitrogens is 1. The Morgan fingerprint density at radius 3 is 1.43 bits per heavy atom. The predicted octanol–water partition coefficient (Wildman–Crippen LogP) is 4.72. The minimum absolute atomic E-state index is 0.431. The monoisotopic (exact) mass is 688 g/mol. The highest BCUT2D eigenvalue weighted by atomic mass is 19.4. The van der Waals surface area contributed by atoms with Crippen molar-refractivity contribution < 1.29 is 73.7 Å². The van der Waals surface area contributed by atoms with Crippen molar-refractivity contribution in [3.63, 3.8) is 0 Å². The topological polar surface area (TPSA) is 148 Å². The highest BCUT2D eigenvalue weighted by Crippen LogP contribution is 2.40. The van der Waals surface area contributed by atoms with Crippen molar-refractivity contribution >= 4 is 17.9 Å². The Balaban J connectivity index is 0.000000413. The van der Waals surface area contributed by atoms with E-state index in [0.717, 1.165) is 18.0 Å². The molecule has 11 nitrogen and oxygen atoms in total. The lowest BCUT2D eigenvalue weighted by molar-refractivity contribution is -0.193. The fourth-order valence-electron chi connectivity index (χ4n) is 5.21. The van der Waals surface area contributed by atoms with Gasteiger partial charge < -0.3 is 29.6 Å². The smallest absolute Gasteiger partial charge is 0.475 e. The number of nitrogens with zero attached hydrogens (tertiary/aromatic N) is 4. The summed E-state index contributed by atoms with van der Waals surface area (Å²) in [5.41, 5.74) is 2.82. The summed E-state index contributed by atoms with van der Waals surface area (Å²) in [6, 6.07) is 0. The number of hydrogen-bond donors (Lipinski definition) is 3. The number of carboxylic acids is 3. The predicted molar refractivity (Wildman–Crippen MR) is 141 cm³/mol. The third-order valence-corrected chi connectivity index (χ3v) is 7.72. The number of rotatable bonds is 5. The van der Waals surface area contributed by atoms with Crippen LogP contribution in [-0.2, 0) is 20.9 Å². The van der Waals surface area contributed by atoms with Gasteiger partial charge in [-0.2, -0.15) is 39.5 Å². The molecule has 20 heteroatoms. The molecule has 0 aliphatic carbocycles. The lowest BCUT2D eigenvalue weighted by atomic mass is 9.84. The molecule has 3 fully saturated rings. The number of carboxylic acid groups (broad SMARTS) is 3. The van der Waals surface area contributed by atoms with E-state index in [1.165, 1.54) is 89.9 Å². The summed E-state index contributed by atoms with van der Waals surface area (Å²) >= 11 is 0. The van der Waals surface area contributed by atoms with E-state index in [2.05, 4.69) is 33.7 Å². The van der Waals surface area contributed by atoms with Crippen molar-refractivity contribution in [2.24, 2.45) is 0 Å². The fraction of sp³-hybridized carbons (Fsp3) is 0.769. The molecule has 4 heterocycles. The molecular formula is C26H37F9N4O7. The SMILES string of the molecule is Cc1noc(C)c1CN1CCCC12CCN(CCN1CCCC1)CC2.O=C(O)C(F)(F)F.O=C(O)C(F)(F)F.O=C(O)C(F)(F)F. The van der Waals surface area contributed by atoms with Crippen LogP contribution in [0, 0.1) is 13.8 Å². The molecule has 4 rings (SSSR count). The molecule has 0 bridgehead atoms. The molecule has 3 N–H and O–H groups in total. The van der Waals surface area contributed by atoms with Crippen molar-refractivity contribution in [2.75, 3.05) is 45.8 Å². The van der Waals surface area contributed by atoms with Crippen LogP contribution in [0.2, 0.25) is 0 Å². The van der Waals surface area contributed by atoms with Gasteiger partial charge in [-0.1, -0.05) is 5.16 Å². The number of aliphatic carboxylic acids is 3. The maximum Gasteiger partial charge on any atom is 0.490 e. The van der Waals surface area contributed by atoms with Gasteiger partial charge in [0.05, 0.1) is 5.69 Å². The van der Waals surface area contributed by atoms with Gasteiger partial charge in [-0.25, -0.2) is 14.4 Å². The average Bonchev–Trinajstić information content (AvgIpc) is 3.66. The van der Waals surface area contributed by atoms with E-state index in [0.29, 0.717) is 5.54 Å². The van der Waals surface area contributed by atoms with Gasteiger partial charge in [-0.3, -0.25) is 4.90 Å². The van der Waals surface area contributed by atoms with Crippen LogP contribution in [-0.4, -0.2) is 123 Å². The standard InChI is InChI=1S/C20H34N4O.3C2HF3O2/c1-17-19(18(2)25-21-17)16-24-11-5-6-20(24)7-12-23(13-8-20)15-14-22-9-3-4-10-22;3*3-2(4,5)1(6)7/h3-16H2,1-2H3;3*(H,6,7). The molecule has 0 radical (unpaired) electrons. The van der Waals surface area contributed by atoms with Crippen LogP contribution in [0.3, 0.4) is 0 Å². The molecule has 266 valence electrons. The third-order valence-electron chi connectivity index (χ3n) is 7.72. The van der Waals surface area contributed by atoms with Crippen molar-refractivity contribution in [3.05, 3.63) is 17.0 Å². The Morgan fingerprint density at radius 2 is 1.09 bits per heavy atom. The van der Waals surface area contributed by atoms with E-state index >= 15 is 0 Å². The Hall–Kier alpha value is -3.13. The Labute approximate surface area is 257 Å². The maximum absolute atomic E-state index is 10.6. The molecule has 1 aromatic heterocycles. The molecule has 0 atom stereocenters. The van der Waals surface area contributed by atoms with E-state index in [4.69, 9.17) is 34.2 Å². The zero-order valence-corrected chi connectivity index (χ0v) is 25.1. The second kappa shape index (κ2) is 17.1. The van der Waals surface area contributed by atoms with Crippen LogP contribution in [0.1, 0.15) is 55.5 Å². The van der Waals surface area contributed by atoms with Crippen molar-refractivity contribution in [3.8, 4) is 0 Å².